The van der Waals surface area contributed by atoms with Crippen LogP contribution in [0, 0.1) is 11.2 Å². The molecule has 39 heavy (non-hydrogen) atoms. The number of Topliss-reactive ketones (excluding diaryl/α,β-unsaturated/α-hetero) is 1. The molecule has 1 fully saturated rings. The number of ketones is 1. The minimum atomic E-state index is -3.98. The summed E-state index contributed by atoms with van der Waals surface area (Å²) in [4.78, 5) is 18.5. The molecule has 6 rings (SSSR count). The fraction of sp³-hybridized carbons (Fsp3) is 0.296. The Labute approximate surface area is 224 Å². The van der Waals surface area contributed by atoms with Gasteiger partial charge in [-0.1, -0.05) is 23.8 Å². The van der Waals surface area contributed by atoms with Crippen LogP contribution in [0.1, 0.15) is 41.5 Å². The van der Waals surface area contributed by atoms with Gasteiger partial charge in [0.05, 0.1) is 29.2 Å². The molecule has 2 aliphatic rings. The third-order valence-electron chi connectivity index (χ3n) is 7.41. The van der Waals surface area contributed by atoms with Gasteiger partial charge in [0.15, 0.2) is 10.8 Å². The zero-order valence-electron chi connectivity index (χ0n) is 21.2. The van der Waals surface area contributed by atoms with Crippen LogP contribution in [0.15, 0.2) is 71.7 Å². The van der Waals surface area contributed by atoms with Crippen molar-refractivity contribution >= 4 is 21.9 Å². The Bertz CT molecular complexity index is 1680. The molecule has 10 nitrogen and oxygen atoms in total. The van der Waals surface area contributed by atoms with Gasteiger partial charge in [0.1, 0.15) is 11.5 Å². The highest BCUT2D eigenvalue weighted by molar-refractivity contribution is 7.89. The maximum absolute atomic E-state index is 14.2. The van der Waals surface area contributed by atoms with E-state index < -0.39 is 15.4 Å². The topological polar surface area (TPSA) is 116 Å². The lowest BCUT2D eigenvalue weighted by molar-refractivity contribution is 0.0770. The van der Waals surface area contributed by atoms with Gasteiger partial charge in [-0.25, -0.2) is 22.2 Å². The van der Waals surface area contributed by atoms with Gasteiger partial charge in [-0.3, -0.25) is 9.78 Å². The van der Waals surface area contributed by atoms with Crippen LogP contribution in [0.2, 0.25) is 0 Å². The smallest absolute Gasteiger partial charge is 0.261 e. The highest BCUT2D eigenvalue weighted by Crippen LogP contribution is 2.47. The van der Waals surface area contributed by atoms with Crippen molar-refractivity contribution in [3.8, 4) is 5.69 Å². The highest BCUT2D eigenvalue weighted by Gasteiger charge is 2.51. The number of sulfonamides is 1. The van der Waals surface area contributed by atoms with E-state index in [2.05, 4.69) is 20.4 Å². The molecular weight excluding hydrogens is 521 g/mol. The fourth-order valence-corrected chi connectivity index (χ4v) is 7.06. The lowest BCUT2D eigenvalue weighted by Gasteiger charge is -2.44. The molecule has 0 spiro atoms. The zero-order valence-corrected chi connectivity index (χ0v) is 22.1. The largest absolute Gasteiger partial charge is 0.291 e. The number of halogens is 1. The molecule has 1 saturated heterocycles. The number of aromatic nitrogens is 6. The van der Waals surface area contributed by atoms with E-state index in [4.69, 9.17) is 0 Å². The van der Waals surface area contributed by atoms with Gasteiger partial charge in [-0.2, -0.15) is 9.40 Å². The average molecular weight is 548 g/mol. The van der Waals surface area contributed by atoms with Crippen LogP contribution in [-0.2, 0) is 23.0 Å². The summed E-state index contributed by atoms with van der Waals surface area (Å²) in [6, 6.07) is 11.2. The first-order chi connectivity index (χ1) is 18.8. The van der Waals surface area contributed by atoms with E-state index in [1.165, 1.54) is 27.3 Å². The highest BCUT2D eigenvalue weighted by atomic mass is 32.2. The van der Waals surface area contributed by atoms with Crippen LogP contribution in [0.25, 0.3) is 11.8 Å². The molecule has 12 heteroatoms. The molecule has 4 heterocycles. The summed E-state index contributed by atoms with van der Waals surface area (Å²) >= 11 is 0. The first-order valence-corrected chi connectivity index (χ1v) is 14.2. The van der Waals surface area contributed by atoms with Gasteiger partial charge < -0.3 is 0 Å². The second kappa shape index (κ2) is 9.62. The molecule has 1 atom stereocenters. The van der Waals surface area contributed by atoms with Crippen molar-refractivity contribution in [3.05, 3.63) is 89.4 Å². The predicted octanol–water partition coefficient (Wildman–Crippen LogP) is 3.31. The molecule has 0 radical (unpaired) electrons. The second-order valence-corrected chi connectivity index (χ2v) is 11.7. The van der Waals surface area contributed by atoms with Crippen LogP contribution >= 0.6 is 0 Å². The van der Waals surface area contributed by atoms with E-state index in [1.807, 2.05) is 13.0 Å². The third-order valence-corrected chi connectivity index (χ3v) is 9.24. The van der Waals surface area contributed by atoms with Crippen LogP contribution < -0.4 is 0 Å². The number of rotatable bonds is 7. The van der Waals surface area contributed by atoms with E-state index in [0.717, 1.165) is 16.8 Å². The number of carbonyl (C=O) groups is 1. The number of nitrogens with zero attached hydrogens (tertiary/aromatic N) is 7. The summed E-state index contributed by atoms with van der Waals surface area (Å²) in [7, 11) is -3.98. The van der Waals surface area contributed by atoms with Crippen molar-refractivity contribution in [3.63, 3.8) is 0 Å². The minimum Gasteiger partial charge on any atom is -0.291 e. The summed E-state index contributed by atoms with van der Waals surface area (Å²) in [5.74, 6) is -0.586. The number of benzene rings is 1. The monoisotopic (exact) mass is 547 g/mol. The van der Waals surface area contributed by atoms with E-state index in [9.17, 15) is 17.6 Å². The standard InChI is InChI=1S/C27H26FN7O3S/c1-2-12-34-25(17-30-32-34)39(37,38)33-13-10-20-14-24-19(16-31-35(24)22-8-6-21(28)7-9-22)15-27(20,18-33)26(36)23-5-3-4-11-29-23/h3-9,11,14,16-17H,2,10,12-13,15,18H2,1H3. The van der Waals surface area contributed by atoms with Crippen molar-refractivity contribution in [2.45, 2.75) is 37.8 Å². The lowest BCUT2D eigenvalue weighted by atomic mass is 9.65. The number of hydrogen-bond donors (Lipinski definition) is 0. The summed E-state index contributed by atoms with van der Waals surface area (Å²) < 4.78 is 45.6. The Kier molecular flexibility index (Phi) is 6.23. The molecule has 1 aliphatic carbocycles. The second-order valence-electron chi connectivity index (χ2n) is 9.80. The Balaban J connectivity index is 1.44. The van der Waals surface area contributed by atoms with Crippen molar-refractivity contribution in [2.24, 2.45) is 5.41 Å². The van der Waals surface area contributed by atoms with Crippen LogP contribution in [-0.4, -0.2) is 61.4 Å². The van der Waals surface area contributed by atoms with Crippen molar-refractivity contribution in [1.82, 2.24) is 34.1 Å². The maximum Gasteiger partial charge on any atom is 0.261 e. The number of carbonyl (C=O) groups excluding carboxylic acids is 1. The Morgan fingerprint density at radius 2 is 1.95 bits per heavy atom. The van der Waals surface area contributed by atoms with Crippen molar-refractivity contribution in [1.29, 1.82) is 0 Å². The average Bonchev–Trinajstić information content (AvgIpc) is 3.59. The summed E-state index contributed by atoms with van der Waals surface area (Å²) in [5, 5.41) is 12.3. The van der Waals surface area contributed by atoms with Gasteiger partial charge in [-0.05, 0) is 67.3 Å². The molecule has 0 amide bonds. The molecule has 200 valence electrons. The fourth-order valence-electron chi connectivity index (χ4n) is 5.50. The molecule has 3 aromatic heterocycles. The van der Waals surface area contributed by atoms with Gasteiger partial charge >= 0.3 is 0 Å². The van der Waals surface area contributed by atoms with Crippen molar-refractivity contribution in [2.75, 3.05) is 13.1 Å². The summed E-state index contributed by atoms with van der Waals surface area (Å²) in [6.45, 7) is 2.50. The minimum absolute atomic E-state index is 0.0119. The normalized spacial score (nSPS) is 19.3. The molecular formula is C27H26FN7O3S. The number of fused-ring (bicyclic) bond motifs is 2. The van der Waals surface area contributed by atoms with Crippen molar-refractivity contribution < 1.29 is 17.6 Å². The first kappa shape index (κ1) is 25.3. The number of pyridine rings is 1. The van der Waals surface area contributed by atoms with E-state index in [0.29, 0.717) is 25.1 Å². The first-order valence-electron chi connectivity index (χ1n) is 12.7. The Morgan fingerprint density at radius 1 is 1.13 bits per heavy atom. The van der Waals surface area contributed by atoms with Crippen LogP contribution in [0.5, 0.6) is 0 Å². The number of aryl methyl sites for hydroxylation is 1. The Hall–Kier alpha value is -4.03. The van der Waals surface area contributed by atoms with Gasteiger partial charge in [0.25, 0.3) is 10.0 Å². The molecule has 0 bridgehead atoms. The van der Waals surface area contributed by atoms with Gasteiger partial charge in [0, 0.05) is 25.8 Å². The van der Waals surface area contributed by atoms with E-state index in [1.54, 1.807) is 47.4 Å². The molecule has 0 saturated carbocycles. The van der Waals surface area contributed by atoms with Crippen LogP contribution in [0.3, 0.4) is 0 Å². The molecule has 1 unspecified atom stereocenters. The van der Waals surface area contributed by atoms with Crippen LogP contribution in [0.4, 0.5) is 4.39 Å². The Morgan fingerprint density at radius 3 is 2.69 bits per heavy atom. The summed E-state index contributed by atoms with van der Waals surface area (Å²) in [6.07, 6.45) is 7.73. The van der Waals surface area contributed by atoms with E-state index >= 15 is 0 Å². The van der Waals surface area contributed by atoms with Gasteiger partial charge in [-0.15, -0.1) is 5.10 Å². The third kappa shape index (κ3) is 4.20. The molecule has 4 aromatic rings. The number of hydrogen-bond acceptors (Lipinski definition) is 7. The van der Waals surface area contributed by atoms with E-state index in [-0.39, 0.29) is 41.8 Å². The molecule has 0 N–H and O–H groups in total. The lowest BCUT2D eigenvalue weighted by Crippen LogP contribution is -2.53. The number of piperidine rings is 1. The summed E-state index contributed by atoms with van der Waals surface area (Å²) in [5.41, 5.74) is 2.21. The molecule has 1 aromatic carbocycles. The van der Waals surface area contributed by atoms with Gasteiger partial charge in [0.2, 0.25) is 0 Å². The zero-order chi connectivity index (χ0) is 27.2. The molecule has 1 aliphatic heterocycles. The maximum atomic E-state index is 14.2. The SMILES string of the molecule is CCCn1nncc1S(=O)(=O)N1CCC2=Cc3c(cnn3-c3ccc(F)cc3)CC2(C(=O)c2ccccn2)C1. The quantitative estimate of drug-likeness (QED) is 0.326. The predicted molar refractivity (Wildman–Crippen MR) is 140 cm³/mol.